The highest BCUT2D eigenvalue weighted by molar-refractivity contribution is 6.01. The number of carbonyl (C=O) groups excluding carboxylic acids is 2. The summed E-state index contributed by atoms with van der Waals surface area (Å²) >= 11 is 0. The molecule has 0 radical (unpaired) electrons. The molecule has 0 saturated carbocycles. The Morgan fingerprint density at radius 3 is 2.56 bits per heavy atom. The van der Waals surface area contributed by atoms with Gasteiger partial charge in [0, 0.05) is 50.7 Å². The molecule has 3 rings (SSSR count). The van der Waals surface area contributed by atoms with Crippen molar-refractivity contribution in [2.24, 2.45) is 5.92 Å². The van der Waals surface area contributed by atoms with Crippen LogP contribution in [-0.2, 0) is 4.74 Å². The summed E-state index contributed by atoms with van der Waals surface area (Å²) in [4.78, 5) is 27.2. The minimum Gasteiger partial charge on any atom is -0.491 e. The summed E-state index contributed by atoms with van der Waals surface area (Å²) in [5.74, 6) is 0.498. The number of para-hydroxylation sites is 1. The molecule has 3 amide bonds. The number of methoxy groups -OCH3 is 1. The summed E-state index contributed by atoms with van der Waals surface area (Å²) in [5, 5.41) is 9.03. The summed E-state index contributed by atoms with van der Waals surface area (Å²) in [6.07, 6.45) is -0.0879. The number of rotatable bonds is 3. The van der Waals surface area contributed by atoms with Crippen molar-refractivity contribution in [3.05, 3.63) is 54.1 Å². The Labute approximate surface area is 189 Å². The number of nitrogens with zero attached hydrogens (tertiary/aromatic N) is 1. The standard InChI is InChI=1S/C24H32N4O4/c1-16-13-25-17(2)15-32-21-12-19(27-24(30)26-18-8-6-5-7-9-18)10-11-20(21)23(29)28(3)14-22(16)31-4/h5-12,16-17,22,25H,13-15H2,1-4H3,(H2,26,27,30)/t16-,17-,22-/m0/s1. The zero-order chi connectivity index (χ0) is 23.1. The van der Waals surface area contributed by atoms with Crippen molar-refractivity contribution in [1.29, 1.82) is 0 Å². The molecule has 1 heterocycles. The van der Waals surface area contributed by atoms with E-state index in [0.717, 1.165) is 6.54 Å². The summed E-state index contributed by atoms with van der Waals surface area (Å²) in [6.45, 7) is 5.73. The molecule has 0 saturated heterocycles. The molecule has 0 aromatic heterocycles. The Balaban J connectivity index is 1.81. The normalized spacial score (nSPS) is 22.1. The molecule has 0 unspecified atom stereocenters. The van der Waals surface area contributed by atoms with Crippen LogP contribution in [0.2, 0.25) is 0 Å². The van der Waals surface area contributed by atoms with Gasteiger partial charge in [-0.1, -0.05) is 25.1 Å². The third-order valence-electron chi connectivity index (χ3n) is 5.52. The zero-order valence-electron chi connectivity index (χ0n) is 19.1. The Bertz CT molecular complexity index is 921. The number of amides is 3. The Kier molecular flexibility index (Phi) is 8.08. The van der Waals surface area contributed by atoms with E-state index in [1.54, 1.807) is 49.4 Å². The average Bonchev–Trinajstić information content (AvgIpc) is 2.79. The SMILES string of the molecule is CO[C@H]1CN(C)C(=O)c2ccc(NC(=O)Nc3ccccc3)cc2OC[C@H](C)NC[C@@H]1C. The summed E-state index contributed by atoms with van der Waals surface area (Å²) in [6, 6.07) is 13.9. The van der Waals surface area contributed by atoms with Crippen LogP contribution in [0.15, 0.2) is 48.5 Å². The van der Waals surface area contributed by atoms with Crippen LogP contribution in [0.1, 0.15) is 24.2 Å². The van der Waals surface area contributed by atoms with Crippen LogP contribution >= 0.6 is 0 Å². The van der Waals surface area contributed by atoms with Gasteiger partial charge in [0.05, 0.1) is 11.7 Å². The number of nitrogens with one attached hydrogen (secondary N) is 3. The molecule has 172 valence electrons. The number of fused-ring (bicyclic) bond motifs is 1. The lowest BCUT2D eigenvalue weighted by molar-refractivity contribution is 0.0281. The molecule has 3 N–H and O–H groups in total. The predicted molar refractivity (Wildman–Crippen MR) is 125 cm³/mol. The first-order valence-corrected chi connectivity index (χ1v) is 10.8. The average molecular weight is 441 g/mol. The molecule has 0 fully saturated rings. The molecular weight excluding hydrogens is 408 g/mol. The molecule has 2 aromatic rings. The van der Waals surface area contributed by atoms with Crippen LogP contribution < -0.4 is 20.7 Å². The number of urea groups is 1. The van der Waals surface area contributed by atoms with E-state index in [4.69, 9.17) is 9.47 Å². The number of ether oxygens (including phenoxy) is 2. The predicted octanol–water partition coefficient (Wildman–Crippen LogP) is 3.42. The Morgan fingerprint density at radius 1 is 1.12 bits per heavy atom. The minimum atomic E-state index is -0.375. The van der Waals surface area contributed by atoms with Gasteiger partial charge in [0.15, 0.2) is 0 Å². The van der Waals surface area contributed by atoms with E-state index < -0.39 is 0 Å². The van der Waals surface area contributed by atoms with E-state index in [2.05, 4.69) is 22.9 Å². The molecule has 0 bridgehead atoms. The monoisotopic (exact) mass is 440 g/mol. The van der Waals surface area contributed by atoms with E-state index in [9.17, 15) is 9.59 Å². The third kappa shape index (κ3) is 6.21. The van der Waals surface area contributed by atoms with Crippen molar-refractivity contribution in [2.45, 2.75) is 26.0 Å². The van der Waals surface area contributed by atoms with Gasteiger partial charge in [0.25, 0.3) is 5.91 Å². The van der Waals surface area contributed by atoms with Crippen molar-refractivity contribution in [1.82, 2.24) is 10.2 Å². The molecule has 32 heavy (non-hydrogen) atoms. The lowest BCUT2D eigenvalue weighted by Gasteiger charge is -2.30. The maximum atomic E-state index is 13.2. The Morgan fingerprint density at radius 2 is 1.84 bits per heavy atom. The molecule has 0 aliphatic carbocycles. The Hall–Kier alpha value is -3.10. The first-order chi connectivity index (χ1) is 15.4. The molecule has 2 aromatic carbocycles. The molecule has 0 spiro atoms. The smallest absolute Gasteiger partial charge is 0.323 e. The second-order valence-corrected chi connectivity index (χ2v) is 8.21. The summed E-state index contributed by atoms with van der Waals surface area (Å²) in [5.41, 5.74) is 1.66. The van der Waals surface area contributed by atoms with E-state index in [1.165, 1.54) is 0 Å². The quantitative estimate of drug-likeness (QED) is 0.680. The molecule has 3 atom stereocenters. The van der Waals surface area contributed by atoms with Crippen molar-refractivity contribution in [3.63, 3.8) is 0 Å². The molecular formula is C24H32N4O4. The fourth-order valence-corrected chi connectivity index (χ4v) is 3.55. The van der Waals surface area contributed by atoms with Crippen LogP contribution in [-0.4, -0.2) is 62.8 Å². The summed E-state index contributed by atoms with van der Waals surface area (Å²) < 4.78 is 11.6. The lowest BCUT2D eigenvalue weighted by Crippen LogP contribution is -2.44. The van der Waals surface area contributed by atoms with Gasteiger partial charge in [0.1, 0.15) is 12.4 Å². The molecule has 1 aliphatic rings. The highest BCUT2D eigenvalue weighted by Gasteiger charge is 2.25. The van der Waals surface area contributed by atoms with Crippen LogP contribution in [0.25, 0.3) is 0 Å². The number of likely N-dealkylation sites (N-methyl/N-ethyl adjacent to an activating group) is 1. The van der Waals surface area contributed by atoms with Gasteiger partial charge in [-0.05, 0) is 37.1 Å². The fourth-order valence-electron chi connectivity index (χ4n) is 3.55. The van der Waals surface area contributed by atoms with Crippen molar-refractivity contribution in [2.75, 3.05) is 44.5 Å². The van der Waals surface area contributed by atoms with Gasteiger partial charge in [0.2, 0.25) is 0 Å². The topological polar surface area (TPSA) is 91.9 Å². The van der Waals surface area contributed by atoms with Gasteiger partial charge in [-0.3, -0.25) is 4.79 Å². The second-order valence-electron chi connectivity index (χ2n) is 8.21. The largest absolute Gasteiger partial charge is 0.491 e. The van der Waals surface area contributed by atoms with Crippen LogP contribution in [0.5, 0.6) is 5.75 Å². The van der Waals surface area contributed by atoms with Crippen LogP contribution in [0.3, 0.4) is 0 Å². The number of hydrogen-bond donors (Lipinski definition) is 3. The molecule has 1 aliphatic heterocycles. The van der Waals surface area contributed by atoms with E-state index in [0.29, 0.717) is 35.8 Å². The van der Waals surface area contributed by atoms with E-state index >= 15 is 0 Å². The van der Waals surface area contributed by atoms with E-state index in [-0.39, 0.29) is 30.0 Å². The second kappa shape index (κ2) is 11.0. The third-order valence-corrected chi connectivity index (χ3v) is 5.52. The van der Waals surface area contributed by atoms with Gasteiger partial charge >= 0.3 is 6.03 Å². The zero-order valence-corrected chi connectivity index (χ0v) is 19.1. The first kappa shape index (κ1) is 23.6. The maximum absolute atomic E-state index is 13.2. The fraction of sp³-hybridized carbons (Fsp3) is 0.417. The summed E-state index contributed by atoms with van der Waals surface area (Å²) in [7, 11) is 3.43. The highest BCUT2D eigenvalue weighted by Crippen LogP contribution is 2.26. The van der Waals surface area contributed by atoms with Crippen LogP contribution in [0, 0.1) is 5.92 Å². The van der Waals surface area contributed by atoms with Gasteiger partial charge in [-0.15, -0.1) is 0 Å². The van der Waals surface area contributed by atoms with Crippen LogP contribution in [0.4, 0.5) is 16.2 Å². The van der Waals surface area contributed by atoms with Crippen molar-refractivity contribution >= 4 is 23.3 Å². The molecule has 8 nitrogen and oxygen atoms in total. The van der Waals surface area contributed by atoms with Crippen molar-refractivity contribution in [3.8, 4) is 5.75 Å². The van der Waals surface area contributed by atoms with Gasteiger partial charge in [-0.25, -0.2) is 4.79 Å². The van der Waals surface area contributed by atoms with E-state index in [1.807, 2.05) is 25.1 Å². The van der Waals surface area contributed by atoms with Gasteiger partial charge < -0.3 is 30.3 Å². The van der Waals surface area contributed by atoms with Crippen molar-refractivity contribution < 1.29 is 19.1 Å². The number of anilines is 2. The molecule has 8 heteroatoms. The number of benzene rings is 2. The number of carbonyl (C=O) groups is 2. The number of hydrogen-bond acceptors (Lipinski definition) is 5. The highest BCUT2D eigenvalue weighted by atomic mass is 16.5. The minimum absolute atomic E-state index is 0.0769. The maximum Gasteiger partial charge on any atom is 0.323 e. The van der Waals surface area contributed by atoms with Gasteiger partial charge in [-0.2, -0.15) is 0 Å². The first-order valence-electron chi connectivity index (χ1n) is 10.8. The lowest BCUT2D eigenvalue weighted by atomic mass is 10.0.